The molecule has 0 radical (unpaired) electrons. The summed E-state index contributed by atoms with van der Waals surface area (Å²) in [7, 11) is -4.10. The molecule has 0 aromatic carbocycles. The Kier molecular flexibility index (Phi) is 29.5. The van der Waals surface area contributed by atoms with Crippen LogP contribution in [-0.2, 0) is 28.4 Å². The molecule has 5 N–H and O–H groups in total. The summed E-state index contributed by atoms with van der Waals surface area (Å²) in [5.74, 6) is -0.448. The first-order valence-electron chi connectivity index (χ1n) is 17.6. The molecule has 266 valence electrons. The van der Waals surface area contributed by atoms with Crippen molar-refractivity contribution >= 4 is 37.2 Å². The molecule has 0 saturated heterocycles. The highest BCUT2D eigenvalue weighted by atomic mass is 32.2. The number of carbonyl (C=O) groups excluding carboxylic acids is 3. The lowest BCUT2D eigenvalue weighted by Gasteiger charge is -2.19. The van der Waals surface area contributed by atoms with Gasteiger partial charge in [0.25, 0.3) is 0 Å². The number of nitrogens with one attached hydrogen (secondary N) is 1. The van der Waals surface area contributed by atoms with Crippen molar-refractivity contribution in [2.75, 3.05) is 30.8 Å². The number of nitrogens with two attached hydrogens (primary N) is 1. The van der Waals surface area contributed by atoms with E-state index in [4.69, 9.17) is 25.0 Å². The van der Waals surface area contributed by atoms with Crippen molar-refractivity contribution in [2.24, 2.45) is 5.73 Å². The summed E-state index contributed by atoms with van der Waals surface area (Å²) in [6.07, 6.45) is 20.7. The number of unbranched alkanes of at least 4 members (excludes halogenated alkanes) is 16. The van der Waals surface area contributed by atoms with Gasteiger partial charge in [-0.15, -0.1) is 0 Å². The number of hydrogen-bond donors (Lipinski definition) is 4. The van der Waals surface area contributed by atoms with E-state index < -0.39 is 25.6 Å². The monoisotopic (exact) mass is 680 g/mol. The third kappa shape index (κ3) is 31.2. The van der Waals surface area contributed by atoms with Gasteiger partial charge in [-0.05, 0) is 19.3 Å². The van der Waals surface area contributed by atoms with Crippen LogP contribution in [0.5, 0.6) is 0 Å². The van der Waals surface area contributed by atoms with Crippen LogP contribution in [0.25, 0.3) is 0 Å². The summed E-state index contributed by atoms with van der Waals surface area (Å²) >= 11 is 1.33. The van der Waals surface area contributed by atoms with Crippen molar-refractivity contribution in [2.45, 2.75) is 161 Å². The topological polar surface area (TPSA) is 165 Å². The van der Waals surface area contributed by atoms with Crippen LogP contribution >= 0.6 is 19.4 Å². The highest BCUT2D eigenvalue weighted by molar-refractivity contribution is 7.99. The maximum absolute atomic E-state index is 12.6. The molecule has 0 spiro atoms. The molecule has 45 heavy (non-hydrogen) atoms. The molecule has 0 aromatic rings. The zero-order valence-electron chi connectivity index (χ0n) is 28.3. The molecular formula is C33H65N2O8PS. The molecule has 0 aromatic heterocycles. The van der Waals surface area contributed by atoms with Gasteiger partial charge in [0.15, 0.2) is 0 Å². The molecule has 0 bridgehead atoms. The number of ether oxygens (including phenoxy) is 2. The van der Waals surface area contributed by atoms with Gasteiger partial charge >= 0.3 is 19.5 Å². The maximum Gasteiger partial charge on any atom is 0.325 e. The average molecular weight is 681 g/mol. The van der Waals surface area contributed by atoms with E-state index in [0.717, 1.165) is 38.5 Å². The maximum atomic E-state index is 12.6. The number of thioether (sulfide) groups is 1. The number of amides is 1. The molecule has 0 saturated carbocycles. The summed E-state index contributed by atoms with van der Waals surface area (Å²) in [5, 5.41) is 2.58. The zero-order chi connectivity index (χ0) is 33.6. The molecule has 0 aliphatic carbocycles. The molecule has 0 unspecified atom stereocenters. The molecule has 1 amide bonds. The van der Waals surface area contributed by atoms with Gasteiger partial charge in [0.05, 0.1) is 12.2 Å². The summed E-state index contributed by atoms with van der Waals surface area (Å²) in [6, 6.07) is -0.836. The van der Waals surface area contributed by atoms with Gasteiger partial charge in [0.2, 0.25) is 5.91 Å². The molecule has 0 fully saturated rings. The van der Waals surface area contributed by atoms with Crippen LogP contribution in [0.2, 0.25) is 0 Å². The van der Waals surface area contributed by atoms with Crippen LogP contribution in [0.15, 0.2) is 0 Å². The van der Waals surface area contributed by atoms with Crippen LogP contribution in [-0.4, -0.2) is 70.6 Å². The van der Waals surface area contributed by atoms with Crippen molar-refractivity contribution in [3.8, 4) is 0 Å². The minimum Gasteiger partial charge on any atom is -0.462 e. The first-order chi connectivity index (χ1) is 21.6. The molecule has 0 rings (SSSR count). The summed E-state index contributed by atoms with van der Waals surface area (Å²) in [6.45, 7) is 4.52. The van der Waals surface area contributed by atoms with Gasteiger partial charge in [-0.3, -0.25) is 18.9 Å². The fourth-order valence-electron chi connectivity index (χ4n) is 4.81. The van der Waals surface area contributed by atoms with Crippen molar-refractivity contribution in [3.63, 3.8) is 0 Å². The van der Waals surface area contributed by atoms with Crippen LogP contribution in [0.4, 0.5) is 0 Å². The van der Waals surface area contributed by atoms with Crippen LogP contribution in [0, 0.1) is 0 Å². The number of rotatable bonds is 32. The largest absolute Gasteiger partial charge is 0.462 e. The van der Waals surface area contributed by atoms with Gasteiger partial charge < -0.3 is 30.3 Å². The van der Waals surface area contributed by atoms with Gasteiger partial charge in [-0.1, -0.05) is 117 Å². The third-order valence-electron chi connectivity index (χ3n) is 7.56. The molecule has 0 aliphatic heterocycles. The summed E-state index contributed by atoms with van der Waals surface area (Å²) < 4.78 is 22.1. The lowest BCUT2D eigenvalue weighted by Crippen LogP contribution is -2.43. The lowest BCUT2D eigenvalue weighted by atomic mass is 10.1. The van der Waals surface area contributed by atoms with E-state index >= 15 is 0 Å². The van der Waals surface area contributed by atoms with Crippen molar-refractivity contribution in [1.29, 1.82) is 0 Å². The van der Waals surface area contributed by atoms with E-state index in [1.54, 1.807) is 0 Å². The third-order valence-corrected chi connectivity index (χ3v) is 9.66. The SMILES string of the molecule is CCCCCCCCCCCC(=O)OC[C@@H](CSC[C@H](N)C(=O)NCCCP(=O)(O)O)OC(=O)CCCCCCCCCCC. The highest BCUT2D eigenvalue weighted by Gasteiger charge is 2.20. The normalized spacial score (nSPS) is 12.9. The Morgan fingerprint density at radius 3 is 1.67 bits per heavy atom. The second-order valence-corrected chi connectivity index (χ2v) is 15.0. The summed E-state index contributed by atoms with van der Waals surface area (Å²) in [4.78, 5) is 55.0. The zero-order valence-corrected chi connectivity index (χ0v) is 30.0. The minimum absolute atomic E-state index is 0.0312. The van der Waals surface area contributed by atoms with Gasteiger partial charge in [-0.2, -0.15) is 11.8 Å². The predicted octanol–water partition coefficient (Wildman–Crippen LogP) is 7.03. The van der Waals surface area contributed by atoms with Gasteiger partial charge in [-0.25, -0.2) is 0 Å². The van der Waals surface area contributed by atoms with Crippen LogP contribution < -0.4 is 11.1 Å². The lowest BCUT2D eigenvalue weighted by molar-refractivity contribution is -0.157. The van der Waals surface area contributed by atoms with Crippen LogP contribution in [0.3, 0.4) is 0 Å². The minimum atomic E-state index is -4.10. The fraction of sp³-hybridized carbons (Fsp3) is 0.909. The standard InChI is InChI=1S/C33H65N2O8PS/c1-3-5-7-9-11-13-15-17-19-22-31(36)42-26-29(43-32(37)23-20-18-16-14-12-10-8-6-4-2)27-45-28-30(34)33(38)35-24-21-25-44(39,40)41/h29-30H,3-28,34H2,1-2H3,(H,35,38)(H2,39,40,41)/t29-,30-/m0/s1. The summed E-state index contributed by atoms with van der Waals surface area (Å²) in [5.41, 5.74) is 5.97. The molecule has 12 heteroatoms. The van der Waals surface area contributed by atoms with Crippen molar-refractivity contribution < 1.29 is 38.2 Å². The van der Waals surface area contributed by atoms with Crippen molar-refractivity contribution in [3.05, 3.63) is 0 Å². The molecule has 2 atom stereocenters. The number of esters is 2. The van der Waals surface area contributed by atoms with E-state index in [-0.39, 0.29) is 43.4 Å². The molecule has 0 aliphatic rings. The van der Waals surface area contributed by atoms with Gasteiger partial charge in [0.1, 0.15) is 12.7 Å². The highest BCUT2D eigenvalue weighted by Crippen LogP contribution is 2.34. The molecular weight excluding hydrogens is 615 g/mol. The average Bonchev–Trinajstić information content (AvgIpc) is 2.99. The van der Waals surface area contributed by atoms with E-state index in [1.807, 2.05) is 0 Å². The second-order valence-electron chi connectivity index (χ2n) is 12.1. The molecule has 0 heterocycles. The Morgan fingerprint density at radius 1 is 0.711 bits per heavy atom. The Bertz CT molecular complexity index is 799. The van der Waals surface area contributed by atoms with Crippen molar-refractivity contribution in [1.82, 2.24) is 5.32 Å². The van der Waals surface area contributed by atoms with E-state index in [1.165, 1.54) is 88.8 Å². The van der Waals surface area contributed by atoms with Crippen LogP contribution in [0.1, 0.15) is 149 Å². The first kappa shape index (κ1) is 43.9. The Balaban J connectivity index is 4.50. The van der Waals surface area contributed by atoms with E-state index in [0.29, 0.717) is 18.6 Å². The predicted molar refractivity (Wildman–Crippen MR) is 184 cm³/mol. The smallest absolute Gasteiger partial charge is 0.325 e. The Labute approximate surface area is 277 Å². The molecule has 10 nitrogen and oxygen atoms in total. The number of hydrogen-bond acceptors (Lipinski definition) is 8. The Hall–Kier alpha value is -1.13. The Morgan fingerprint density at radius 2 is 1.18 bits per heavy atom. The van der Waals surface area contributed by atoms with Gasteiger partial charge in [0, 0.05) is 30.9 Å². The number of carbonyl (C=O) groups is 3. The van der Waals surface area contributed by atoms with E-state index in [2.05, 4.69) is 19.2 Å². The second kappa shape index (κ2) is 30.2. The quantitative estimate of drug-likeness (QED) is 0.0329. The van der Waals surface area contributed by atoms with E-state index in [9.17, 15) is 18.9 Å². The fourth-order valence-corrected chi connectivity index (χ4v) is 6.35. The first-order valence-corrected chi connectivity index (χ1v) is 20.5.